The maximum atomic E-state index is 12.1. The molecule has 2 aromatic rings. The first-order chi connectivity index (χ1) is 12.0. The first-order valence-corrected chi connectivity index (χ1v) is 8.21. The second-order valence-corrected chi connectivity index (χ2v) is 5.40. The lowest BCUT2D eigenvalue weighted by Crippen LogP contribution is -2.25. The van der Waals surface area contributed by atoms with Crippen LogP contribution < -0.4 is 10.6 Å². The van der Waals surface area contributed by atoms with Crippen LogP contribution in [0.1, 0.15) is 46.8 Å². The molecule has 7 nitrogen and oxygen atoms in total. The third-order valence-electron chi connectivity index (χ3n) is 3.27. The van der Waals surface area contributed by atoms with Crippen LogP contribution in [0.5, 0.6) is 0 Å². The lowest BCUT2D eigenvalue weighted by atomic mass is 10.2. The number of amides is 1. The van der Waals surface area contributed by atoms with E-state index in [0.717, 1.165) is 6.42 Å². The van der Waals surface area contributed by atoms with E-state index in [1.807, 2.05) is 6.92 Å². The number of hydrogen-bond acceptors (Lipinski definition) is 6. The van der Waals surface area contributed by atoms with Gasteiger partial charge in [0.1, 0.15) is 5.69 Å². The zero-order valence-electron chi connectivity index (χ0n) is 14.6. The summed E-state index contributed by atoms with van der Waals surface area (Å²) in [5.41, 5.74) is 2.17. The Morgan fingerprint density at radius 3 is 2.48 bits per heavy atom. The largest absolute Gasteiger partial charge is 0.462 e. The number of hydrogen-bond donors (Lipinski definition) is 2. The summed E-state index contributed by atoms with van der Waals surface area (Å²) in [7, 11) is 0. The molecule has 1 aromatic heterocycles. The minimum Gasteiger partial charge on any atom is -0.462 e. The van der Waals surface area contributed by atoms with Crippen molar-refractivity contribution in [3.8, 4) is 0 Å². The molecule has 0 saturated heterocycles. The highest BCUT2D eigenvalue weighted by atomic mass is 16.5. The molecule has 1 heterocycles. The molecule has 7 heteroatoms. The van der Waals surface area contributed by atoms with Crippen molar-refractivity contribution in [2.24, 2.45) is 0 Å². The molecule has 0 bridgehead atoms. The van der Waals surface area contributed by atoms with Gasteiger partial charge >= 0.3 is 5.97 Å². The number of benzene rings is 1. The Labute approximate surface area is 146 Å². The first kappa shape index (κ1) is 18.4. The van der Waals surface area contributed by atoms with Crippen molar-refractivity contribution in [2.75, 3.05) is 18.5 Å². The molecule has 0 saturated carbocycles. The number of carbonyl (C=O) groups excluding carboxylic acids is 2. The Bertz CT molecular complexity index is 744. The van der Waals surface area contributed by atoms with Crippen LogP contribution in [0.25, 0.3) is 0 Å². The average Bonchev–Trinajstić information content (AvgIpc) is 2.60. The molecular weight excluding hydrogens is 320 g/mol. The predicted octanol–water partition coefficient (Wildman–Crippen LogP) is 2.85. The molecule has 1 amide bonds. The van der Waals surface area contributed by atoms with Gasteiger partial charge in [-0.15, -0.1) is 0 Å². The fourth-order valence-electron chi connectivity index (χ4n) is 2.10. The van der Waals surface area contributed by atoms with Gasteiger partial charge in [-0.1, -0.05) is 6.92 Å². The zero-order chi connectivity index (χ0) is 18.2. The fraction of sp³-hybridized carbons (Fsp3) is 0.333. The van der Waals surface area contributed by atoms with Crippen molar-refractivity contribution >= 4 is 23.5 Å². The van der Waals surface area contributed by atoms with Gasteiger partial charge in [0.2, 0.25) is 5.95 Å². The average molecular weight is 342 g/mol. The van der Waals surface area contributed by atoms with Crippen molar-refractivity contribution in [3.05, 3.63) is 47.3 Å². The molecule has 0 unspecified atom stereocenters. The van der Waals surface area contributed by atoms with E-state index in [0.29, 0.717) is 41.7 Å². The SMILES string of the molecule is CCCNC(=O)c1cc(C)nc(Nc2ccc(C(=O)OCC)cc2)n1. The minimum absolute atomic E-state index is 0.229. The van der Waals surface area contributed by atoms with E-state index in [2.05, 4.69) is 20.6 Å². The molecule has 25 heavy (non-hydrogen) atoms. The molecule has 0 aliphatic rings. The normalized spacial score (nSPS) is 10.2. The van der Waals surface area contributed by atoms with Crippen LogP contribution in [0.15, 0.2) is 30.3 Å². The third-order valence-corrected chi connectivity index (χ3v) is 3.27. The number of nitrogens with zero attached hydrogens (tertiary/aromatic N) is 2. The number of nitrogens with one attached hydrogen (secondary N) is 2. The summed E-state index contributed by atoms with van der Waals surface area (Å²) >= 11 is 0. The molecule has 2 rings (SSSR count). The summed E-state index contributed by atoms with van der Waals surface area (Å²) in [5, 5.41) is 5.83. The smallest absolute Gasteiger partial charge is 0.338 e. The van der Waals surface area contributed by atoms with Crippen LogP contribution >= 0.6 is 0 Å². The predicted molar refractivity (Wildman–Crippen MR) is 95.1 cm³/mol. The van der Waals surface area contributed by atoms with Gasteiger partial charge in [0.05, 0.1) is 12.2 Å². The number of ether oxygens (including phenoxy) is 1. The highest BCUT2D eigenvalue weighted by Crippen LogP contribution is 2.15. The number of carbonyl (C=O) groups is 2. The van der Waals surface area contributed by atoms with Crippen molar-refractivity contribution in [1.82, 2.24) is 15.3 Å². The summed E-state index contributed by atoms with van der Waals surface area (Å²) in [6.07, 6.45) is 0.855. The summed E-state index contributed by atoms with van der Waals surface area (Å²) in [5.74, 6) is -0.269. The van der Waals surface area contributed by atoms with Crippen molar-refractivity contribution in [2.45, 2.75) is 27.2 Å². The van der Waals surface area contributed by atoms with Gasteiger partial charge in [-0.25, -0.2) is 14.8 Å². The molecule has 0 radical (unpaired) electrons. The molecule has 0 aliphatic heterocycles. The lowest BCUT2D eigenvalue weighted by molar-refractivity contribution is 0.0526. The van der Waals surface area contributed by atoms with E-state index in [9.17, 15) is 9.59 Å². The Morgan fingerprint density at radius 2 is 1.84 bits per heavy atom. The Balaban J connectivity index is 2.13. The van der Waals surface area contributed by atoms with Crippen LogP contribution in [0.4, 0.5) is 11.6 Å². The molecule has 132 valence electrons. The van der Waals surface area contributed by atoms with E-state index in [1.165, 1.54) is 0 Å². The number of esters is 1. The highest BCUT2D eigenvalue weighted by molar-refractivity contribution is 5.92. The highest BCUT2D eigenvalue weighted by Gasteiger charge is 2.11. The van der Waals surface area contributed by atoms with Gasteiger partial charge in [-0.3, -0.25) is 4.79 Å². The van der Waals surface area contributed by atoms with Gasteiger partial charge in [-0.2, -0.15) is 0 Å². The minimum atomic E-state index is -0.365. The Hall–Kier alpha value is -2.96. The van der Waals surface area contributed by atoms with Crippen LogP contribution in [0.3, 0.4) is 0 Å². The molecule has 0 atom stereocenters. The van der Waals surface area contributed by atoms with Crippen LogP contribution in [0.2, 0.25) is 0 Å². The maximum Gasteiger partial charge on any atom is 0.338 e. The van der Waals surface area contributed by atoms with Crippen LogP contribution in [-0.4, -0.2) is 35.0 Å². The molecule has 0 aliphatic carbocycles. The molecular formula is C18H22N4O3. The Kier molecular flexibility index (Phi) is 6.45. The second kappa shape index (κ2) is 8.77. The van der Waals surface area contributed by atoms with Crippen LogP contribution in [0, 0.1) is 6.92 Å². The van der Waals surface area contributed by atoms with Gasteiger partial charge in [-0.05, 0) is 50.6 Å². The summed E-state index contributed by atoms with van der Waals surface area (Å²) in [4.78, 5) is 32.2. The summed E-state index contributed by atoms with van der Waals surface area (Å²) in [6.45, 7) is 6.47. The number of aromatic nitrogens is 2. The number of rotatable bonds is 7. The third kappa shape index (κ3) is 5.27. The van der Waals surface area contributed by atoms with E-state index in [4.69, 9.17) is 4.74 Å². The number of anilines is 2. The summed E-state index contributed by atoms with van der Waals surface area (Å²) < 4.78 is 4.95. The molecule has 0 spiro atoms. The Morgan fingerprint density at radius 1 is 1.12 bits per heavy atom. The zero-order valence-corrected chi connectivity index (χ0v) is 14.6. The molecule has 2 N–H and O–H groups in total. The summed E-state index contributed by atoms with van der Waals surface area (Å²) in [6, 6.07) is 8.42. The second-order valence-electron chi connectivity index (χ2n) is 5.40. The monoisotopic (exact) mass is 342 g/mol. The molecule has 1 aromatic carbocycles. The van der Waals surface area contributed by atoms with Crippen LogP contribution in [-0.2, 0) is 4.74 Å². The topological polar surface area (TPSA) is 93.2 Å². The standard InChI is InChI=1S/C18H22N4O3/c1-4-10-19-16(23)15-11-12(3)20-18(22-15)21-14-8-6-13(7-9-14)17(24)25-5-2/h6-9,11H,4-5,10H2,1-3H3,(H,19,23)(H,20,21,22). The van der Waals surface area contributed by atoms with E-state index in [-0.39, 0.29) is 11.9 Å². The van der Waals surface area contributed by atoms with Gasteiger partial charge in [0.15, 0.2) is 0 Å². The lowest BCUT2D eigenvalue weighted by Gasteiger charge is -2.09. The quantitative estimate of drug-likeness (QED) is 0.752. The van der Waals surface area contributed by atoms with E-state index < -0.39 is 0 Å². The van der Waals surface area contributed by atoms with Crippen molar-refractivity contribution in [1.29, 1.82) is 0 Å². The van der Waals surface area contributed by atoms with E-state index in [1.54, 1.807) is 44.2 Å². The fourth-order valence-corrected chi connectivity index (χ4v) is 2.10. The van der Waals surface area contributed by atoms with Gasteiger partial charge < -0.3 is 15.4 Å². The maximum absolute atomic E-state index is 12.1. The van der Waals surface area contributed by atoms with Crippen molar-refractivity contribution < 1.29 is 14.3 Å². The van der Waals surface area contributed by atoms with E-state index >= 15 is 0 Å². The van der Waals surface area contributed by atoms with Gasteiger partial charge in [0.25, 0.3) is 5.91 Å². The first-order valence-electron chi connectivity index (χ1n) is 8.21. The molecule has 0 fully saturated rings. The van der Waals surface area contributed by atoms with Crippen molar-refractivity contribution in [3.63, 3.8) is 0 Å². The number of aryl methyl sites for hydroxylation is 1. The van der Waals surface area contributed by atoms with Gasteiger partial charge in [0, 0.05) is 17.9 Å².